The van der Waals surface area contributed by atoms with Gasteiger partial charge in [0, 0.05) is 29.9 Å². The summed E-state index contributed by atoms with van der Waals surface area (Å²) in [7, 11) is 0. The zero-order chi connectivity index (χ0) is 33.4. The molecule has 0 bridgehead atoms. The van der Waals surface area contributed by atoms with Crippen molar-refractivity contribution in [1.29, 1.82) is 0 Å². The van der Waals surface area contributed by atoms with Gasteiger partial charge < -0.3 is 42.0 Å². The fourth-order valence-electron chi connectivity index (χ4n) is 5.10. The van der Waals surface area contributed by atoms with Crippen LogP contribution in [-0.2, 0) is 38.4 Å². The number of aromatic amines is 1. The molecule has 4 rings (SSSR count). The number of H-pyrrole nitrogens is 1. The molecule has 0 saturated heterocycles. The van der Waals surface area contributed by atoms with Crippen molar-refractivity contribution in [2.24, 2.45) is 11.7 Å². The molecule has 1 aromatic heterocycles. The number of hydrogen-bond donors (Lipinski definition) is 8. The SMILES string of the molecule is CC(C)C(NC(=O)C(Cc1ccc(O)cc1)NC(=O)C(Cc1c[nH]c2ccccc12)NC(=O)C(N)Cc1ccc(O)cc1)C(=O)O. The van der Waals surface area contributed by atoms with Gasteiger partial charge in [-0.2, -0.15) is 0 Å². The number of rotatable bonds is 14. The minimum absolute atomic E-state index is 0.0175. The lowest BCUT2D eigenvalue weighted by atomic mass is 10.00. The Morgan fingerprint density at radius 3 is 1.83 bits per heavy atom. The number of carboxylic acid groups (broad SMARTS) is 1. The smallest absolute Gasteiger partial charge is 0.326 e. The molecule has 0 aliphatic rings. The van der Waals surface area contributed by atoms with Crippen molar-refractivity contribution in [3.05, 3.63) is 95.7 Å². The van der Waals surface area contributed by atoms with Crippen LogP contribution >= 0.6 is 0 Å². The van der Waals surface area contributed by atoms with Crippen LogP contribution in [0.4, 0.5) is 0 Å². The maximum Gasteiger partial charge on any atom is 0.326 e. The number of hydrogen-bond acceptors (Lipinski definition) is 7. The van der Waals surface area contributed by atoms with E-state index in [0.717, 1.165) is 16.5 Å². The number of fused-ring (bicyclic) bond motifs is 1. The van der Waals surface area contributed by atoms with Crippen LogP contribution in [0, 0.1) is 5.92 Å². The number of phenolic OH excluding ortho intramolecular Hbond substituents is 2. The van der Waals surface area contributed by atoms with Gasteiger partial charge in [0.1, 0.15) is 29.6 Å². The number of carbonyl (C=O) groups is 4. The minimum atomic E-state index is -1.22. The molecule has 0 aliphatic carbocycles. The highest BCUT2D eigenvalue weighted by Crippen LogP contribution is 2.20. The third-order valence-corrected chi connectivity index (χ3v) is 7.70. The largest absolute Gasteiger partial charge is 0.508 e. The van der Waals surface area contributed by atoms with Gasteiger partial charge in [0.05, 0.1) is 6.04 Å². The molecule has 46 heavy (non-hydrogen) atoms. The molecule has 3 aromatic carbocycles. The van der Waals surface area contributed by atoms with Crippen molar-refractivity contribution in [2.45, 2.75) is 57.3 Å². The number of nitrogens with one attached hydrogen (secondary N) is 4. The first kappa shape index (κ1) is 33.5. The lowest BCUT2D eigenvalue weighted by molar-refractivity contribution is -0.143. The molecule has 12 nitrogen and oxygen atoms in total. The van der Waals surface area contributed by atoms with Crippen LogP contribution in [0.15, 0.2) is 79.0 Å². The Bertz CT molecular complexity index is 1670. The summed E-state index contributed by atoms with van der Waals surface area (Å²) in [5.74, 6) is -3.55. The standard InChI is InChI=1S/C34H39N5O7/c1-19(2)30(34(45)46)39-33(44)28(16-21-9-13-24(41)14-10-21)38-32(43)29(17-22-18-36-27-6-4-3-5-25(22)27)37-31(42)26(35)15-20-7-11-23(40)12-8-20/h3-14,18-19,26,28-30,36,40-41H,15-17,35H2,1-2H3,(H,37,42)(H,38,43)(H,39,44)(H,45,46). The highest BCUT2D eigenvalue weighted by atomic mass is 16.4. The van der Waals surface area contributed by atoms with Crippen LogP contribution < -0.4 is 21.7 Å². The number of para-hydroxylation sites is 1. The number of carboxylic acids is 1. The Balaban J connectivity index is 1.60. The van der Waals surface area contributed by atoms with Gasteiger partial charge in [0.15, 0.2) is 0 Å². The molecule has 3 amide bonds. The molecule has 0 saturated carbocycles. The Morgan fingerprint density at radius 1 is 0.717 bits per heavy atom. The summed E-state index contributed by atoms with van der Waals surface area (Å²) in [5, 5.41) is 37.8. The summed E-state index contributed by atoms with van der Waals surface area (Å²) in [4.78, 5) is 55.7. The highest BCUT2D eigenvalue weighted by Gasteiger charge is 2.32. The second-order valence-corrected chi connectivity index (χ2v) is 11.6. The predicted octanol–water partition coefficient (Wildman–Crippen LogP) is 2.13. The van der Waals surface area contributed by atoms with Crippen molar-refractivity contribution in [3.63, 3.8) is 0 Å². The van der Waals surface area contributed by atoms with E-state index in [0.29, 0.717) is 11.1 Å². The van der Waals surface area contributed by atoms with Gasteiger partial charge in [-0.3, -0.25) is 14.4 Å². The Labute approximate surface area is 266 Å². The maximum absolute atomic E-state index is 13.9. The lowest BCUT2D eigenvalue weighted by Gasteiger charge is -2.26. The van der Waals surface area contributed by atoms with Crippen LogP contribution in [0.25, 0.3) is 10.9 Å². The predicted molar refractivity (Wildman–Crippen MR) is 172 cm³/mol. The normalized spacial score (nSPS) is 13.8. The summed E-state index contributed by atoms with van der Waals surface area (Å²) in [6.07, 6.45) is 1.93. The molecule has 4 atom stereocenters. The third-order valence-electron chi connectivity index (χ3n) is 7.70. The number of phenols is 2. The topological polar surface area (TPSA) is 207 Å². The molecule has 4 aromatic rings. The van der Waals surface area contributed by atoms with Gasteiger partial charge in [0.2, 0.25) is 17.7 Å². The third kappa shape index (κ3) is 8.85. The summed E-state index contributed by atoms with van der Waals surface area (Å²) >= 11 is 0. The van der Waals surface area contributed by atoms with Crippen LogP contribution in [0.1, 0.15) is 30.5 Å². The van der Waals surface area contributed by atoms with E-state index in [2.05, 4.69) is 20.9 Å². The average molecular weight is 630 g/mol. The van der Waals surface area contributed by atoms with Crippen molar-refractivity contribution >= 4 is 34.6 Å². The van der Waals surface area contributed by atoms with E-state index in [1.165, 1.54) is 24.3 Å². The fourth-order valence-corrected chi connectivity index (χ4v) is 5.10. The molecule has 1 heterocycles. The molecule has 242 valence electrons. The van der Waals surface area contributed by atoms with Crippen molar-refractivity contribution < 1.29 is 34.5 Å². The van der Waals surface area contributed by atoms with Gasteiger partial charge in [-0.1, -0.05) is 56.3 Å². The summed E-state index contributed by atoms with van der Waals surface area (Å²) in [6.45, 7) is 3.31. The second kappa shape index (κ2) is 15.1. The van der Waals surface area contributed by atoms with Gasteiger partial charge in [-0.15, -0.1) is 0 Å². The Hall–Kier alpha value is -5.36. The summed E-state index contributed by atoms with van der Waals surface area (Å²) in [5.41, 5.74) is 9.11. The minimum Gasteiger partial charge on any atom is -0.508 e. The molecule has 0 radical (unpaired) electrons. The van der Waals surface area contributed by atoms with E-state index in [-0.39, 0.29) is 30.8 Å². The van der Waals surface area contributed by atoms with E-state index < -0.39 is 53.8 Å². The quantitative estimate of drug-likeness (QED) is 0.103. The lowest BCUT2D eigenvalue weighted by Crippen LogP contribution is -2.58. The van der Waals surface area contributed by atoms with Crippen LogP contribution in [0.5, 0.6) is 11.5 Å². The van der Waals surface area contributed by atoms with Gasteiger partial charge in [-0.25, -0.2) is 4.79 Å². The van der Waals surface area contributed by atoms with Crippen molar-refractivity contribution in [2.75, 3.05) is 0 Å². The molecule has 9 N–H and O–H groups in total. The van der Waals surface area contributed by atoms with Crippen molar-refractivity contribution in [1.82, 2.24) is 20.9 Å². The van der Waals surface area contributed by atoms with E-state index in [1.807, 2.05) is 24.3 Å². The van der Waals surface area contributed by atoms with Crippen LogP contribution in [0.3, 0.4) is 0 Å². The molecular formula is C34H39N5O7. The number of aromatic hydroxyl groups is 2. The van der Waals surface area contributed by atoms with Crippen LogP contribution in [0.2, 0.25) is 0 Å². The summed E-state index contributed by atoms with van der Waals surface area (Å²) in [6, 6.07) is 15.2. The fraction of sp³-hybridized carbons (Fsp3) is 0.294. The number of nitrogens with two attached hydrogens (primary N) is 1. The first-order chi connectivity index (χ1) is 21.9. The number of amides is 3. The molecule has 0 aliphatic heterocycles. The van der Waals surface area contributed by atoms with Gasteiger partial charge >= 0.3 is 5.97 Å². The average Bonchev–Trinajstić information content (AvgIpc) is 3.43. The Morgan fingerprint density at radius 2 is 1.24 bits per heavy atom. The van der Waals surface area contributed by atoms with E-state index in [1.54, 1.807) is 44.3 Å². The van der Waals surface area contributed by atoms with Crippen molar-refractivity contribution in [3.8, 4) is 11.5 Å². The Kier molecular flexibility index (Phi) is 11.0. The molecule has 4 unspecified atom stereocenters. The first-order valence-electron chi connectivity index (χ1n) is 14.9. The zero-order valence-corrected chi connectivity index (χ0v) is 25.6. The summed E-state index contributed by atoms with van der Waals surface area (Å²) < 4.78 is 0. The molecule has 0 spiro atoms. The first-order valence-corrected chi connectivity index (χ1v) is 14.9. The number of benzene rings is 3. The van der Waals surface area contributed by atoms with E-state index in [4.69, 9.17) is 5.73 Å². The monoisotopic (exact) mass is 629 g/mol. The van der Waals surface area contributed by atoms with E-state index >= 15 is 0 Å². The molecular weight excluding hydrogens is 590 g/mol. The second-order valence-electron chi connectivity index (χ2n) is 11.6. The number of carbonyl (C=O) groups excluding carboxylic acids is 3. The van der Waals surface area contributed by atoms with Crippen LogP contribution in [-0.4, -0.2) is 68.2 Å². The number of aliphatic carboxylic acids is 1. The number of aromatic nitrogens is 1. The van der Waals surface area contributed by atoms with Gasteiger partial charge in [0.25, 0.3) is 0 Å². The molecule has 12 heteroatoms. The molecule has 0 fully saturated rings. The zero-order valence-electron chi connectivity index (χ0n) is 25.6. The highest BCUT2D eigenvalue weighted by molar-refractivity contribution is 5.95. The maximum atomic E-state index is 13.9. The van der Waals surface area contributed by atoms with E-state index in [9.17, 15) is 34.5 Å². The van der Waals surface area contributed by atoms with Gasteiger partial charge in [-0.05, 0) is 59.4 Å².